The molecular formula is C17H13F6NO2. The summed E-state index contributed by atoms with van der Waals surface area (Å²) in [6.45, 7) is 1.46. The van der Waals surface area contributed by atoms with E-state index in [1.54, 1.807) is 6.92 Å². The van der Waals surface area contributed by atoms with Crippen molar-refractivity contribution < 1.29 is 35.9 Å². The van der Waals surface area contributed by atoms with E-state index in [-0.39, 0.29) is 41.9 Å². The predicted molar refractivity (Wildman–Crippen MR) is 80.5 cm³/mol. The van der Waals surface area contributed by atoms with E-state index in [1.807, 2.05) is 0 Å². The molecule has 2 rings (SSSR count). The SMILES string of the molecule is CCC(=O)COc1ccc(-c2cc(C(F)(F)F)cc(C(F)(F)F)c2)nc1. The number of alkyl halides is 6. The summed E-state index contributed by atoms with van der Waals surface area (Å²) in [6, 6.07) is 3.79. The molecule has 9 heteroatoms. The summed E-state index contributed by atoms with van der Waals surface area (Å²) in [5.74, 6) is 0.0142. The molecule has 1 aromatic carbocycles. The Morgan fingerprint density at radius 2 is 1.58 bits per heavy atom. The molecule has 0 amide bonds. The van der Waals surface area contributed by atoms with E-state index in [4.69, 9.17) is 4.74 Å². The molecule has 1 heterocycles. The monoisotopic (exact) mass is 377 g/mol. The van der Waals surface area contributed by atoms with Crippen LogP contribution in [0.15, 0.2) is 36.5 Å². The van der Waals surface area contributed by atoms with Crippen LogP contribution < -0.4 is 4.74 Å². The van der Waals surface area contributed by atoms with Gasteiger partial charge in [-0.2, -0.15) is 26.3 Å². The summed E-state index contributed by atoms with van der Waals surface area (Å²) in [5, 5.41) is 0. The lowest BCUT2D eigenvalue weighted by Crippen LogP contribution is -2.11. The van der Waals surface area contributed by atoms with E-state index in [1.165, 1.54) is 12.1 Å². The van der Waals surface area contributed by atoms with E-state index in [2.05, 4.69) is 4.98 Å². The van der Waals surface area contributed by atoms with Crippen LogP contribution in [-0.2, 0) is 17.1 Å². The molecule has 0 N–H and O–H groups in total. The number of pyridine rings is 1. The maximum atomic E-state index is 12.9. The highest BCUT2D eigenvalue weighted by atomic mass is 19.4. The lowest BCUT2D eigenvalue weighted by Gasteiger charge is -2.14. The minimum Gasteiger partial charge on any atom is -0.484 e. The summed E-state index contributed by atoms with van der Waals surface area (Å²) in [5.41, 5.74) is -3.25. The van der Waals surface area contributed by atoms with Crippen LogP contribution in [0.4, 0.5) is 26.3 Å². The van der Waals surface area contributed by atoms with Crippen molar-refractivity contribution in [2.45, 2.75) is 25.7 Å². The average molecular weight is 377 g/mol. The Balaban J connectivity index is 2.36. The third-order valence-corrected chi connectivity index (χ3v) is 3.41. The summed E-state index contributed by atoms with van der Waals surface area (Å²) < 4.78 is 82.4. The summed E-state index contributed by atoms with van der Waals surface area (Å²) >= 11 is 0. The molecule has 0 atom stereocenters. The fraction of sp³-hybridized carbons (Fsp3) is 0.294. The number of hydrogen-bond donors (Lipinski definition) is 0. The van der Waals surface area contributed by atoms with Crippen LogP contribution in [0.2, 0.25) is 0 Å². The number of carbonyl (C=O) groups is 1. The molecule has 0 spiro atoms. The van der Waals surface area contributed by atoms with Crippen LogP contribution in [0, 0.1) is 0 Å². The van der Waals surface area contributed by atoms with Crippen molar-refractivity contribution in [3.05, 3.63) is 47.7 Å². The molecule has 0 aliphatic rings. The first-order valence-corrected chi connectivity index (χ1v) is 7.41. The van der Waals surface area contributed by atoms with Gasteiger partial charge in [-0.25, -0.2) is 0 Å². The fourth-order valence-corrected chi connectivity index (χ4v) is 2.01. The van der Waals surface area contributed by atoms with E-state index in [0.29, 0.717) is 12.1 Å². The van der Waals surface area contributed by atoms with Gasteiger partial charge in [0.05, 0.1) is 23.0 Å². The third kappa shape index (κ3) is 4.96. The lowest BCUT2D eigenvalue weighted by molar-refractivity contribution is -0.143. The van der Waals surface area contributed by atoms with Crippen molar-refractivity contribution >= 4 is 5.78 Å². The summed E-state index contributed by atoms with van der Waals surface area (Å²) in [4.78, 5) is 15.0. The molecule has 3 nitrogen and oxygen atoms in total. The molecule has 0 radical (unpaired) electrons. The highest BCUT2D eigenvalue weighted by molar-refractivity contribution is 5.79. The Morgan fingerprint density at radius 3 is 2.00 bits per heavy atom. The maximum Gasteiger partial charge on any atom is 0.416 e. The minimum atomic E-state index is -4.93. The van der Waals surface area contributed by atoms with Gasteiger partial charge in [-0.3, -0.25) is 9.78 Å². The second kappa shape index (κ2) is 7.35. The number of Topliss-reactive ketones (excluding diaryl/α,β-unsaturated/α-hetero) is 1. The molecule has 26 heavy (non-hydrogen) atoms. The van der Waals surface area contributed by atoms with Crippen molar-refractivity contribution in [3.8, 4) is 17.0 Å². The Bertz CT molecular complexity index is 749. The van der Waals surface area contributed by atoms with Gasteiger partial charge in [-0.05, 0) is 30.3 Å². The van der Waals surface area contributed by atoms with Crippen LogP contribution in [0.1, 0.15) is 24.5 Å². The smallest absolute Gasteiger partial charge is 0.416 e. The van der Waals surface area contributed by atoms with Crippen LogP contribution in [-0.4, -0.2) is 17.4 Å². The van der Waals surface area contributed by atoms with Crippen LogP contribution in [0.25, 0.3) is 11.3 Å². The van der Waals surface area contributed by atoms with E-state index in [0.717, 1.165) is 6.20 Å². The second-order valence-corrected chi connectivity index (χ2v) is 5.35. The Morgan fingerprint density at radius 1 is 1.00 bits per heavy atom. The molecule has 1 aromatic heterocycles. The number of hydrogen-bond acceptors (Lipinski definition) is 3. The standard InChI is InChI=1S/C17H13F6NO2/c1-2-13(25)9-26-14-3-4-15(24-8-14)10-5-11(16(18,19)20)7-12(6-10)17(21,22)23/h3-8H,2,9H2,1H3. The highest BCUT2D eigenvalue weighted by Crippen LogP contribution is 2.38. The number of ether oxygens (including phenoxy) is 1. The zero-order valence-corrected chi connectivity index (χ0v) is 13.4. The number of ketones is 1. The zero-order chi connectivity index (χ0) is 19.5. The Hall–Kier alpha value is -2.58. The first-order chi connectivity index (χ1) is 12.0. The van der Waals surface area contributed by atoms with Gasteiger partial charge < -0.3 is 4.74 Å². The van der Waals surface area contributed by atoms with Gasteiger partial charge in [0.15, 0.2) is 5.78 Å². The Labute approximate surface area is 144 Å². The van der Waals surface area contributed by atoms with Gasteiger partial charge in [0.1, 0.15) is 12.4 Å². The fourth-order valence-electron chi connectivity index (χ4n) is 2.01. The molecule has 2 aromatic rings. The van der Waals surface area contributed by atoms with E-state index >= 15 is 0 Å². The number of carbonyl (C=O) groups excluding carboxylic acids is 1. The number of aromatic nitrogens is 1. The zero-order valence-electron chi connectivity index (χ0n) is 13.4. The summed E-state index contributed by atoms with van der Waals surface area (Å²) in [6.07, 6.45) is -8.46. The Kier molecular flexibility index (Phi) is 5.58. The van der Waals surface area contributed by atoms with Crippen LogP contribution >= 0.6 is 0 Å². The molecule has 0 aliphatic heterocycles. The third-order valence-electron chi connectivity index (χ3n) is 3.41. The molecule has 0 fully saturated rings. The minimum absolute atomic E-state index is 0.0529. The van der Waals surface area contributed by atoms with Gasteiger partial charge in [0.25, 0.3) is 0 Å². The average Bonchev–Trinajstić information content (AvgIpc) is 2.58. The van der Waals surface area contributed by atoms with Gasteiger partial charge in [-0.15, -0.1) is 0 Å². The normalized spacial score (nSPS) is 12.1. The molecule has 0 aliphatic carbocycles. The second-order valence-electron chi connectivity index (χ2n) is 5.35. The molecule has 0 saturated carbocycles. The van der Waals surface area contributed by atoms with Gasteiger partial charge in [-0.1, -0.05) is 6.92 Å². The van der Waals surface area contributed by atoms with Crippen molar-refractivity contribution in [1.29, 1.82) is 0 Å². The number of benzene rings is 1. The first-order valence-electron chi connectivity index (χ1n) is 7.41. The van der Waals surface area contributed by atoms with Crippen molar-refractivity contribution in [3.63, 3.8) is 0 Å². The van der Waals surface area contributed by atoms with Crippen molar-refractivity contribution in [1.82, 2.24) is 4.98 Å². The lowest BCUT2D eigenvalue weighted by atomic mass is 10.0. The van der Waals surface area contributed by atoms with E-state index < -0.39 is 23.5 Å². The predicted octanol–water partition coefficient (Wildman–Crippen LogP) is 5.14. The molecule has 0 bridgehead atoms. The van der Waals surface area contributed by atoms with Gasteiger partial charge in [0.2, 0.25) is 0 Å². The molecular weight excluding hydrogens is 364 g/mol. The molecule has 0 saturated heterocycles. The number of halogens is 6. The van der Waals surface area contributed by atoms with Gasteiger partial charge >= 0.3 is 12.4 Å². The molecule has 0 unspecified atom stereocenters. The van der Waals surface area contributed by atoms with Gasteiger partial charge in [0, 0.05) is 12.0 Å². The van der Waals surface area contributed by atoms with Crippen LogP contribution in [0.5, 0.6) is 5.75 Å². The molecule has 140 valence electrons. The van der Waals surface area contributed by atoms with E-state index in [9.17, 15) is 31.1 Å². The number of nitrogens with zero attached hydrogens (tertiary/aromatic N) is 1. The highest BCUT2D eigenvalue weighted by Gasteiger charge is 2.37. The van der Waals surface area contributed by atoms with Crippen LogP contribution in [0.3, 0.4) is 0 Å². The quantitative estimate of drug-likeness (QED) is 0.677. The maximum absolute atomic E-state index is 12.9. The van der Waals surface area contributed by atoms with Crippen molar-refractivity contribution in [2.24, 2.45) is 0 Å². The van der Waals surface area contributed by atoms with Crippen molar-refractivity contribution in [2.75, 3.05) is 6.61 Å². The topological polar surface area (TPSA) is 39.2 Å². The summed E-state index contributed by atoms with van der Waals surface area (Å²) in [7, 11) is 0. The number of rotatable bonds is 5. The first kappa shape index (κ1) is 19.7. The largest absolute Gasteiger partial charge is 0.484 e.